The first kappa shape index (κ1) is 19.3. The maximum Gasteiger partial charge on any atom is 0.254 e. The Kier molecular flexibility index (Phi) is 6.45. The van der Waals surface area contributed by atoms with Gasteiger partial charge in [-0.3, -0.25) is 9.69 Å². The van der Waals surface area contributed by atoms with Crippen LogP contribution in [0.1, 0.15) is 24.2 Å². The molecule has 0 aromatic heterocycles. The third kappa shape index (κ3) is 5.47. The van der Waals surface area contributed by atoms with Crippen LogP contribution >= 0.6 is 0 Å². The number of β-amino-alcohol motifs (C(OH)–C–C–N with tert-alkyl or cyclic N) is 1. The van der Waals surface area contributed by atoms with Gasteiger partial charge in [0.25, 0.3) is 5.91 Å². The molecule has 2 rings (SSSR count). The molecule has 0 unspecified atom stereocenters. The van der Waals surface area contributed by atoms with Gasteiger partial charge in [-0.25, -0.2) is 0 Å². The first-order valence-corrected chi connectivity index (χ1v) is 8.50. The lowest BCUT2D eigenvalue weighted by molar-refractivity contribution is 0.0178. The van der Waals surface area contributed by atoms with Crippen LogP contribution in [-0.4, -0.2) is 72.9 Å². The summed E-state index contributed by atoms with van der Waals surface area (Å²) >= 11 is 0. The van der Waals surface area contributed by atoms with Crippen molar-refractivity contribution in [3.8, 4) is 11.5 Å². The van der Waals surface area contributed by atoms with E-state index in [0.717, 1.165) is 13.1 Å². The van der Waals surface area contributed by atoms with Crippen molar-refractivity contribution in [3.05, 3.63) is 36.4 Å². The first-order chi connectivity index (χ1) is 11.8. The van der Waals surface area contributed by atoms with Crippen molar-refractivity contribution in [2.24, 2.45) is 0 Å². The van der Waals surface area contributed by atoms with Gasteiger partial charge in [-0.1, -0.05) is 12.7 Å². The molecule has 0 saturated carbocycles. The minimum Gasteiger partial charge on any atom is -0.493 e. The van der Waals surface area contributed by atoms with Crippen LogP contribution in [0.3, 0.4) is 0 Å². The standard InChI is InChI=1S/C19H28N2O4/c1-5-12-25-16-7-6-15(13-17(16)24-4)18(22)21-10-8-20(9-11-21)14-19(2,3)23/h5-7,13,23H,1,8-12,14H2,2-4H3. The van der Waals surface area contributed by atoms with Crippen molar-refractivity contribution >= 4 is 5.91 Å². The molecule has 25 heavy (non-hydrogen) atoms. The quantitative estimate of drug-likeness (QED) is 0.761. The molecule has 0 atom stereocenters. The molecule has 1 aliphatic heterocycles. The Morgan fingerprint density at radius 3 is 2.52 bits per heavy atom. The monoisotopic (exact) mass is 348 g/mol. The van der Waals surface area contributed by atoms with E-state index in [0.29, 0.717) is 43.3 Å². The molecular formula is C19H28N2O4. The molecular weight excluding hydrogens is 320 g/mol. The fraction of sp³-hybridized carbons (Fsp3) is 0.526. The highest BCUT2D eigenvalue weighted by atomic mass is 16.5. The minimum absolute atomic E-state index is 0.0171. The molecule has 1 aromatic carbocycles. The van der Waals surface area contributed by atoms with Gasteiger partial charge in [-0.2, -0.15) is 0 Å². The van der Waals surface area contributed by atoms with Crippen molar-refractivity contribution in [2.75, 3.05) is 46.4 Å². The van der Waals surface area contributed by atoms with Gasteiger partial charge in [0.1, 0.15) is 6.61 Å². The van der Waals surface area contributed by atoms with E-state index in [1.54, 1.807) is 45.2 Å². The second-order valence-corrected chi connectivity index (χ2v) is 6.85. The second kappa shape index (κ2) is 8.36. The molecule has 1 amide bonds. The van der Waals surface area contributed by atoms with Gasteiger partial charge in [0.15, 0.2) is 11.5 Å². The topological polar surface area (TPSA) is 62.2 Å². The first-order valence-electron chi connectivity index (χ1n) is 8.50. The van der Waals surface area contributed by atoms with E-state index in [9.17, 15) is 9.90 Å². The predicted octanol–water partition coefficient (Wildman–Crippen LogP) is 1.79. The van der Waals surface area contributed by atoms with Crippen molar-refractivity contribution in [2.45, 2.75) is 19.4 Å². The van der Waals surface area contributed by atoms with E-state index in [-0.39, 0.29) is 5.91 Å². The zero-order valence-corrected chi connectivity index (χ0v) is 15.3. The molecule has 0 spiro atoms. The molecule has 1 heterocycles. The van der Waals surface area contributed by atoms with Crippen molar-refractivity contribution < 1.29 is 19.4 Å². The smallest absolute Gasteiger partial charge is 0.254 e. The Labute approximate surface area is 149 Å². The SMILES string of the molecule is C=CCOc1ccc(C(=O)N2CCN(CC(C)(C)O)CC2)cc1OC. The number of carbonyl (C=O) groups is 1. The number of methoxy groups -OCH3 is 1. The molecule has 1 N–H and O–H groups in total. The Morgan fingerprint density at radius 2 is 1.96 bits per heavy atom. The lowest BCUT2D eigenvalue weighted by Gasteiger charge is -2.37. The molecule has 6 nitrogen and oxygen atoms in total. The number of nitrogens with zero attached hydrogens (tertiary/aromatic N) is 2. The molecule has 138 valence electrons. The highest BCUT2D eigenvalue weighted by Crippen LogP contribution is 2.28. The fourth-order valence-electron chi connectivity index (χ4n) is 2.91. The number of ether oxygens (including phenoxy) is 2. The highest BCUT2D eigenvalue weighted by molar-refractivity contribution is 5.95. The highest BCUT2D eigenvalue weighted by Gasteiger charge is 2.26. The minimum atomic E-state index is -0.721. The number of hydrogen-bond acceptors (Lipinski definition) is 5. The Morgan fingerprint density at radius 1 is 1.28 bits per heavy atom. The summed E-state index contributed by atoms with van der Waals surface area (Å²) < 4.78 is 10.8. The van der Waals surface area contributed by atoms with Gasteiger partial charge in [0.2, 0.25) is 0 Å². The van der Waals surface area contributed by atoms with E-state index in [1.165, 1.54) is 0 Å². The number of rotatable bonds is 7. The molecule has 0 radical (unpaired) electrons. The number of aliphatic hydroxyl groups is 1. The summed E-state index contributed by atoms with van der Waals surface area (Å²) in [5.74, 6) is 1.11. The van der Waals surface area contributed by atoms with Gasteiger partial charge >= 0.3 is 0 Å². The van der Waals surface area contributed by atoms with Crippen LogP contribution in [0, 0.1) is 0 Å². The van der Waals surface area contributed by atoms with Crippen LogP contribution in [0.5, 0.6) is 11.5 Å². The molecule has 1 aromatic rings. The van der Waals surface area contributed by atoms with Crippen LogP contribution in [0.25, 0.3) is 0 Å². The van der Waals surface area contributed by atoms with E-state index in [2.05, 4.69) is 11.5 Å². The lowest BCUT2D eigenvalue weighted by Crippen LogP contribution is -2.52. The van der Waals surface area contributed by atoms with E-state index >= 15 is 0 Å². The second-order valence-electron chi connectivity index (χ2n) is 6.85. The summed E-state index contributed by atoms with van der Waals surface area (Å²) in [5, 5.41) is 9.91. The van der Waals surface area contributed by atoms with E-state index in [1.807, 2.05) is 4.90 Å². The molecule has 0 aliphatic carbocycles. The largest absolute Gasteiger partial charge is 0.493 e. The van der Waals surface area contributed by atoms with E-state index in [4.69, 9.17) is 9.47 Å². The van der Waals surface area contributed by atoms with Gasteiger partial charge in [0, 0.05) is 38.3 Å². The fourth-order valence-corrected chi connectivity index (χ4v) is 2.91. The van der Waals surface area contributed by atoms with Gasteiger partial charge < -0.3 is 19.5 Å². The van der Waals surface area contributed by atoms with Crippen LogP contribution in [-0.2, 0) is 0 Å². The molecule has 1 aliphatic rings. The van der Waals surface area contributed by atoms with Crippen molar-refractivity contribution in [3.63, 3.8) is 0 Å². The Balaban J connectivity index is 2.00. The van der Waals surface area contributed by atoms with Crippen LogP contribution in [0.4, 0.5) is 0 Å². The third-order valence-corrected chi connectivity index (χ3v) is 4.04. The van der Waals surface area contributed by atoms with E-state index < -0.39 is 5.60 Å². The summed E-state index contributed by atoms with van der Waals surface area (Å²) in [5.41, 5.74) is -0.139. The zero-order valence-electron chi connectivity index (χ0n) is 15.3. The maximum absolute atomic E-state index is 12.7. The third-order valence-electron chi connectivity index (χ3n) is 4.04. The number of carbonyl (C=O) groups excluding carboxylic acids is 1. The van der Waals surface area contributed by atoms with Crippen molar-refractivity contribution in [1.82, 2.24) is 9.80 Å². The Bertz CT molecular complexity index is 602. The Hall–Kier alpha value is -2.05. The summed E-state index contributed by atoms with van der Waals surface area (Å²) in [6.07, 6.45) is 1.66. The summed E-state index contributed by atoms with van der Waals surface area (Å²) in [6, 6.07) is 5.22. The summed E-state index contributed by atoms with van der Waals surface area (Å²) in [7, 11) is 1.56. The van der Waals surface area contributed by atoms with Gasteiger partial charge in [-0.15, -0.1) is 0 Å². The predicted molar refractivity (Wildman–Crippen MR) is 97.3 cm³/mol. The average molecular weight is 348 g/mol. The molecule has 0 bridgehead atoms. The average Bonchev–Trinajstić information content (AvgIpc) is 2.58. The van der Waals surface area contributed by atoms with Crippen LogP contribution in [0.2, 0.25) is 0 Å². The summed E-state index contributed by atoms with van der Waals surface area (Å²) in [6.45, 7) is 11.0. The number of piperazine rings is 1. The maximum atomic E-state index is 12.7. The van der Waals surface area contributed by atoms with Crippen LogP contribution in [0.15, 0.2) is 30.9 Å². The zero-order chi connectivity index (χ0) is 18.4. The number of hydrogen-bond donors (Lipinski definition) is 1. The lowest BCUT2D eigenvalue weighted by atomic mass is 10.1. The number of amides is 1. The molecule has 1 saturated heterocycles. The van der Waals surface area contributed by atoms with Crippen molar-refractivity contribution in [1.29, 1.82) is 0 Å². The van der Waals surface area contributed by atoms with Crippen LogP contribution < -0.4 is 9.47 Å². The van der Waals surface area contributed by atoms with Gasteiger partial charge in [-0.05, 0) is 32.0 Å². The molecule has 1 fully saturated rings. The summed E-state index contributed by atoms with van der Waals surface area (Å²) in [4.78, 5) is 16.7. The number of benzene rings is 1. The van der Waals surface area contributed by atoms with Gasteiger partial charge in [0.05, 0.1) is 12.7 Å². The molecule has 6 heteroatoms. The normalized spacial score (nSPS) is 15.8.